The minimum atomic E-state index is -0.717. The fourth-order valence-corrected chi connectivity index (χ4v) is 3.25. The van der Waals surface area contributed by atoms with Crippen LogP contribution in [0.25, 0.3) is 10.2 Å². The molecule has 1 aromatic heterocycles. The van der Waals surface area contributed by atoms with Crippen molar-refractivity contribution >= 4 is 44.8 Å². The second-order valence-corrected chi connectivity index (χ2v) is 6.67. The average molecular weight is 384 g/mol. The lowest BCUT2D eigenvalue weighted by Crippen LogP contribution is -2.23. The molecule has 0 aliphatic carbocycles. The van der Waals surface area contributed by atoms with E-state index in [2.05, 4.69) is 10.3 Å². The number of benzene rings is 2. The van der Waals surface area contributed by atoms with Crippen LogP contribution in [0.3, 0.4) is 0 Å². The van der Waals surface area contributed by atoms with Crippen molar-refractivity contribution in [2.45, 2.75) is 6.92 Å². The molecule has 0 radical (unpaired) electrons. The maximum absolute atomic E-state index is 11.9. The molecule has 27 heavy (non-hydrogen) atoms. The lowest BCUT2D eigenvalue weighted by Gasteiger charge is -2.08. The fourth-order valence-electron chi connectivity index (χ4n) is 2.27. The summed E-state index contributed by atoms with van der Waals surface area (Å²) in [7, 11) is 0. The van der Waals surface area contributed by atoms with Crippen LogP contribution in [0.4, 0.5) is 5.13 Å². The van der Waals surface area contributed by atoms with Crippen molar-refractivity contribution in [2.24, 2.45) is 0 Å². The number of amides is 1. The lowest BCUT2D eigenvalue weighted by molar-refractivity contribution is -0.149. The predicted molar refractivity (Wildman–Crippen MR) is 101 cm³/mol. The van der Waals surface area contributed by atoms with E-state index in [-0.39, 0.29) is 5.75 Å². The minimum absolute atomic E-state index is 0.277. The van der Waals surface area contributed by atoms with E-state index in [1.54, 1.807) is 24.3 Å². The second kappa shape index (κ2) is 8.41. The molecule has 0 aliphatic heterocycles. The highest BCUT2D eigenvalue weighted by atomic mass is 32.1. The minimum Gasteiger partial charge on any atom is -0.481 e. The Morgan fingerprint density at radius 2 is 2.00 bits per heavy atom. The zero-order valence-corrected chi connectivity index (χ0v) is 15.2. The first-order valence-corrected chi connectivity index (χ1v) is 8.86. The molecular formula is C19H16N2O5S. The quantitative estimate of drug-likeness (QED) is 0.497. The van der Waals surface area contributed by atoms with Crippen molar-refractivity contribution in [3.63, 3.8) is 0 Å². The summed E-state index contributed by atoms with van der Waals surface area (Å²) in [6.07, 6.45) is 0.633. The van der Waals surface area contributed by atoms with E-state index in [1.807, 2.05) is 25.1 Å². The Balaban J connectivity index is 1.48. The summed E-state index contributed by atoms with van der Waals surface area (Å²) in [5.41, 5.74) is 2.23. The highest BCUT2D eigenvalue weighted by Crippen LogP contribution is 2.26. The van der Waals surface area contributed by atoms with E-state index in [9.17, 15) is 14.4 Å². The third kappa shape index (κ3) is 4.89. The van der Waals surface area contributed by atoms with Gasteiger partial charge in [0.15, 0.2) is 24.6 Å². The molecule has 2 aromatic carbocycles. The molecular weight excluding hydrogens is 368 g/mol. The first kappa shape index (κ1) is 18.5. The summed E-state index contributed by atoms with van der Waals surface area (Å²) in [5.74, 6) is -0.933. The number of hydrogen-bond acceptors (Lipinski definition) is 7. The van der Waals surface area contributed by atoms with Crippen molar-refractivity contribution in [3.8, 4) is 5.75 Å². The standard InChI is InChI=1S/C19H16N2O5S/c1-12-6-7-14-16(8-12)27-19(20-14)21-17(23)10-26-18(24)11-25-15-5-3-2-4-13(15)9-22/h2-9H,10-11H2,1H3,(H,20,21,23). The van der Waals surface area contributed by atoms with Gasteiger partial charge in [0.1, 0.15) is 5.75 Å². The molecule has 1 N–H and O–H groups in total. The second-order valence-electron chi connectivity index (χ2n) is 5.64. The predicted octanol–water partition coefficient (Wildman–Crippen LogP) is 2.98. The number of aromatic nitrogens is 1. The number of ether oxygens (including phenoxy) is 2. The summed E-state index contributed by atoms with van der Waals surface area (Å²) < 4.78 is 11.1. The molecule has 0 saturated heterocycles. The molecule has 0 bridgehead atoms. The number of carbonyl (C=O) groups excluding carboxylic acids is 3. The third-order valence-electron chi connectivity index (χ3n) is 3.55. The van der Waals surface area contributed by atoms with Gasteiger partial charge in [-0.1, -0.05) is 29.5 Å². The molecule has 0 saturated carbocycles. The lowest BCUT2D eigenvalue weighted by atomic mass is 10.2. The van der Waals surface area contributed by atoms with Crippen molar-refractivity contribution in [3.05, 3.63) is 53.6 Å². The molecule has 1 amide bonds. The Kier molecular flexibility index (Phi) is 5.77. The molecule has 0 unspecified atom stereocenters. The van der Waals surface area contributed by atoms with Gasteiger partial charge >= 0.3 is 5.97 Å². The summed E-state index contributed by atoms with van der Waals surface area (Å²) in [6, 6.07) is 12.3. The van der Waals surface area contributed by atoms with Gasteiger partial charge in [-0.15, -0.1) is 0 Å². The Hall–Kier alpha value is -3.26. The van der Waals surface area contributed by atoms with Gasteiger partial charge in [-0.2, -0.15) is 0 Å². The first-order valence-electron chi connectivity index (χ1n) is 8.05. The van der Waals surface area contributed by atoms with Crippen LogP contribution < -0.4 is 10.1 Å². The fraction of sp³-hybridized carbons (Fsp3) is 0.158. The van der Waals surface area contributed by atoms with E-state index in [0.717, 1.165) is 15.8 Å². The van der Waals surface area contributed by atoms with E-state index in [4.69, 9.17) is 9.47 Å². The zero-order valence-electron chi connectivity index (χ0n) is 14.4. The van der Waals surface area contributed by atoms with E-state index >= 15 is 0 Å². The molecule has 0 aliphatic rings. The highest BCUT2D eigenvalue weighted by Gasteiger charge is 2.12. The maximum atomic E-state index is 11.9. The van der Waals surface area contributed by atoms with Crippen LogP contribution in [0, 0.1) is 6.92 Å². The van der Waals surface area contributed by atoms with E-state index in [0.29, 0.717) is 17.0 Å². The van der Waals surface area contributed by atoms with Crippen LogP contribution in [0.15, 0.2) is 42.5 Å². The number of hydrogen-bond donors (Lipinski definition) is 1. The Bertz CT molecular complexity index is 999. The van der Waals surface area contributed by atoms with Gasteiger partial charge in [0.25, 0.3) is 5.91 Å². The average Bonchev–Trinajstić information content (AvgIpc) is 3.06. The normalized spacial score (nSPS) is 10.4. The molecule has 3 aromatic rings. The molecule has 1 heterocycles. The number of fused-ring (bicyclic) bond motifs is 1. The van der Waals surface area contributed by atoms with Gasteiger partial charge in [0.2, 0.25) is 0 Å². The van der Waals surface area contributed by atoms with Crippen LogP contribution in [0.1, 0.15) is 15.9 Å². The van der Waals surface area contributed by atoms with Gasteiger partial charge in [0.05, 0.1) is 15.8 Å². The summed E-state index contributed by atoms with van der Waals surface area (Å²) in [4.78, 5) is 38.8. The summed E-state index contributed by atoms with van der Waals surface area (Å²) in [6.45, 7) is 1.12. The molecule has 138 valence electrons. The van der Waals surface area contributed by atoms with Crippen LogP contribution in [0.5, 0.6) is 5.75 Å². The molecule has 8 heteroatoms. The number of rotatable bonds is 7. The van der Waals surface area contributed by atoms with Crippen LogP contribution in [-0.4, -0.2) is 36.4 Å². The van der Waals surface area contributed by atoms with Crippen molar-refractivity contribution in [1.29, 1.82) is 0 Å². The van der Waals surface area contributed by atoms with Gasteiger partial charge in [-0.05, 0) is 36.8 Å². The van der Waals surface area contributed by atoms with Crippen LogP contribution in [-0.2, 0) is 14.3 Å². The zero-order chi connectivity index (χ0) is 19.2. The number of nitrogens with zero attached hydrogens (tertiary/aromatic N) is 1. The molecule has 0 fully saturated rings. The Morgan fingerprint density at radius 3 is 2.81 bits per heavy atom. The van der Waals surface area contributed by atoms with E-state index < -0.39 is 25.1 Å². The molecule has 3 rings (SSSR count). The Morgan fingerprint density at radius 1 is 1.19 bits per heavy atom. The van der Waals surface area contributed by atoms with Crippen LogP contribution >= 0.6 is 11.3 Å². The van der Waals surface area contributed by atoms with Crippen molar-refractivity contribution < 1.29 is 23.9 Å². The number of nitrogens with one attached hydrogen (secondary N) is 1. The third-order valence-corrected chi connectivity index (χ3v) is 4.48. The monoisotopic (exact) mass is 384 g/mol. The topological polar surface area (TPSA) is 94.6 Å². The van der Waals surface area contributed by atoms with Gasteiger partial charge in [-0.3, -0.25) is 14.9 Å². The number of esters is 1. The van der Waals surface area contributed by atoms with E-state index in [1.165, 1.54) is 11.3 Å². The molecule has 0 spiro atoms. The largest absolute Gasteiger partial charge is 0.481 e. The summed E-state index contributed by atoms with van der Waals surface area (Å²) in [5, 5.41) is 3.04. The molecule has 0 atom stereocenters. The SMILES string of the molecule is Cc1ccc2nc(NC(=O)COC(=O)COc3ccccc3C=O)sc2c1. The highest BCUT2D eigenvalue weighted by molar-refractivity contribution is 7.22. The number of anilines is 1. The number of aldehydes is 1. The number of carbonyl (C=O) groups is 3. The first-order chi connectivity index (χ1) is 13.0. The van der Waals surface area contributed by atoms with Gasteiger partial charge in [-0.25, -0.2) is 9.78 Å². The number of thiazole rings is 1. The smallest absolute Gasteiger partial charge is 0.344 e. The van der Waals surface area contributed by atoms with Crippen LogP contribution in [0.2, 0.25) is 0 Å². The number of para-hydroxylation sites is 1. The van der Waals surface area contributed by atoms with Crippen molar-refractivity contribution in [2.75, 3.05) is 18.5 Å². The van der Waals surface area contributed by atoms with Gasteiger partial charge < -0.3 is 9.47 Å². The number of aryl methyl sites for hydroxylation is 1. The molecule has 7 nitrogen and oxygen atoms in total. The van der Waals surface area contributed by atoms with Gasteiger partial charge in [0, 0.05) is 0 Å². The van der Waals surface area contributed by atoms with Crippen molar-refractivity contribution in [1.82, 2.24) is 4.98 Å². The maximum Gasteiger partial charge on any atom is 0.344 e. The Labute approximate surface area is 158 Å². The summed E-state index contributed by atoms with van der Waals surface area (Å²) >= 11 is 1.34.